The number of rotatable bonds is 4. The van der Waals surface area contributed by atoms with Gasteiger partial charge in [0.05, 0.1) is 13.0 Å². The van der Waals surface area contributed by atoms with Gasteiger partial charge in [0.1, 0.15) is 0 Å². The first kappa shape index (κ1) is 12.6. The highest BCUT2D eigenvalue weighted by atomic mass is 16.5. The van der Waals surface area contributed by atoms with E-state index in [9.17, 15) is 4.79 Å². The third-order valence-corrected chi connectivity index (χ3v) is 3.12. The average Bonchev–Trinajstić information content (AvgIpc) is 2.38. The summed E-state index contributed by atoms with van der Waals surface area (Å²) < 4.78 is 4.98. The predicted octanol–water partition coefficient (Wildman–Crippen LogP) is 3.90. The molecule has 0 aliphatic heterocycles. The minimum atomic E-state index is -0.127. The van der Waals surface area contributed by atoms with Gasteiger partial charge in [-0.05, 0) is 29.2 Å². The van der Waals surface area contributed by atoms with Gasteiger partial charge < -0.3 is 4.74 Å². The monoisotopic (exact) mass is 242 g/mol. The second kappa shape index (κ2) is 5.67. The summed E-state index contributed by atoms with van der Waals surface area (Å²) in [5.41, 5.74) is 1.18. The maximum Gasteiger partial charge on any atom is 0.306 e. The van der Waals surface area contributed by atoms with Gasteiger partial charge in [0.15, 0.2) is 0 Å². The molecule has 2 rings (SSSR count). The molecule has 0 saturated carbocycles. The second-order valence-electron chi connectivity index (χ2n) is 4.52. The first-order chi connectivity index (χ1) is 8.70. The molecule has 0 aliphatic rings. The third kappa shape index (κ3) is 2.89. The maximum atomic E-state index is 11.5. The summed E-state index contributed by atoms with van der Waals surface area (Å²) in [6, 6.07) is 14.6. The van der Waals surface area contributed by atoms with Crippen LogP contribution in [-0.4, -0.2) is 12.6 Å². The summed E-state index contributed by atoms with van der Waals surface area (Å²) in [5.74, 6) is 0.0619. The van der Waals surface area contributed by atoms with Crippen LogP contribution < -0.4 is 0 Å². The summed E-state index contributed by atoms with van der Waals surface area (Å²) in [4.78, 5) is 11.5. The van der Waals surface area contributed by atoms with Crippen LogP contribution in [0.15, 0.2) is 42.5 Å². The van der Waals surface area contributed by atoms with E-state index >= 15 is 0 Å². The molecular weight excluding hydrogens is 224 g/mol. The molecule has 0 aromatic heterocycles. The Morgan fingerprint density at radius 2 is 1.89 bits per heavy atom. The number of esters is 1. The largest absolute Gasteiger partial charge is 0.466 e. The molecule has 18 heavy (non-hydrogen) atoms. The second-order valence-corrected chi connectivity index (χ2v) is 4.52. The smallest absolute Gasteiger partial charge is 0.306 e. The van der Waals surface area contributed by atoms with Gasteiger partial charge in [0, 0.05) is 0 Å². The van der Waals surface area contributed by atoms with Crippen molar-refractivity contribution in [2.45, 2.75) is 26.2 Å². The van der Waals surface area contributed by atoms with Crippen molar-refractivity contribution in [2.75, 3.05) is 6.61 Å². The molecule has 0 saturated heterocycles. The highest BCUT2D eigenvalue weighted by molar-refractivity contribution is 5.83. The fraction of sp³-hybridized carbons (Fsp3) is 0.312. The lowest BCUT2D eigenvalue weighted by Crippen LogP contribution is -2.08. The standard InChI is InChI=1S/C16H18O2/c1-3-18-16(17)10-12(2)14-9-8-13-6-4-5-7-15(13)11-14/h4-9,11-12H,3,10H2,1-2H3. The summed E-state index contributed by atoms with van der Waals surface area (Å²) in [6.07, 6.45) is 0.437. The third-order valence-electron chi connectivity index (χ3n) is 3.12. The lowest BCUT2D eigenvalue weighted by atomic mass is 9.95. The summed E-state index contributed by atoms with van der Waals surface area (Å²) >= 11 is 0. The summed E-state index contributed by atoms with van der Waals surface area (Å²) in [6.45, 7) is 4.34. The molecule has 2 aromatic rings. The molecule has 1 atom stereocenters. The normalized spacial score (nSPS) is 12.3. The molecule has 0 aliphatic carbocycles. The van der Waals surface area contributed by atoms with Crippen molar-refractivity contribution in [2.24, 2.45) is 0 Å². The van der Waals surface area contributed by atoms with E-state index in [1.807, 2.05) is 19.1 Å². The van der Waals surface area contributed by atoms with Crippen LogP contribution in [0.5, 0.6) is 0 Å². The van der Waals surface area contributed by atoms with Crippen LogP contribution in [0.4, 0.5) is 0 Å². The van der Waals surface area contributed by atoms with E-state index in [4.69, 9.17) is 4.74 Å². The zero-order valence-corrected chi connectivity index (χ0v) is 10.8. The minimum absolute atomic E-state index is 0.127. The van der Waals surface area contributed by atoms with E-state index in [1.54, 1.807) is 0 Å². The SMILES string of the molecule is CCOC(=O)CC(C)c1ccc2ccccc2c1. The Bertz CT molecular complexity index is 546. The van der Waals surface area contributed by atoms with Crippen molar-refractivity contribution in [1.29, 1.82) is 0 Å². The van der Waals surface area contributed by atoms with Crippen LogP contribution in [0.25, 0.3) is 10.8 Å². The fourth-order valence-corrected chi connectivity index (χ4v) is 2.10. The van der Waals surface area contributed by atoms with E-state index in [-0.39, 0.29) is 11.9 Å². The van der Waals surface area contributed by atoms with E-state index in [0.29, 0.717) is 13.0 Å². The first-order valence-electron chi connectivity index (χ1n) is 6.35. The molecule has 2 heteroatoms. The molecule has 0 bridgehead atoms. The quantitative estimate of drug-likeness (QED) is 0.760. The van der Waals surface area contributed by atoms with E-state index in [0.717, 1.165) is 0 Å². The number of hydrogen-bond donors (Lipinski definition) is 0. The van der Waals surface area contributed by atoms with Gasteiger partial charge in [-0.3, -0.25) is 4.79 Å². The van der Waals surface area contributed by atoms with Crippen molar-refractivity contribution < 1.29 is 9.53 Å². The predicted molar refractivity (Wildman–Crippen MR) is 73.6 cm³/mol. The van der Waals surface area contributed by atoms with Gasteiger partial charge in [-0.25, -0.2) is 0 Å². The van der Waals surface area contributed by atoms with E-state index < -0.39 is 0 Å². The molecule has 0 radical (unpaired) electrons. The molecule has 0 N–H and O–H groups in total. The topological polar surface area (TPSA) is 26.3 Å². The van der Waals surface area contributed by atoms with Crippen LogP contribution in [0.3, 0.4) is 0 Å². The Hall–Kier alpha value is -1.83. The van der Waals surface area contributed by atoms with Crippen LogP contribution in [-0.2, 0) is 9.53 Å². The van der Waals surface area contributed by atoms with Crippen LogP contribution in [0, 0.1) is 0 Å². The molecule has 2 aromatic carbocycles. The summed E-state index contributed by atoms with van der Waals surface area (Å²) in [7, 11) is 0. The van der Waals surface area contributed by atoms with Gasteiger partial charge in [0.2, 0.25) is 0 Å². The van der Waals surface area contributed by atoms with Crippen molar-refractivity contribution in [3.8, 4) is 0 Å². The Kier molecular flexibility index (Phi) is 3.98. The minimum Gasteiger partial charge on any atom is -0.466 e. The van der Waals surface area contributed by atoms with Gasteiger partial charge in [0.25, 0.3) is 0 Å². The van der Waals surface area contributed by atoms with Crippen molar-refractivity contribution in [3.63, 3.8) is 0 Å². The van der Waals surface area contributed by atoms with Crippen molar-refractivity contribution in [1.82, 2.24) is 0 Å². The van der Waals surface area contributed by atoms with Crippen molar-refractivity contribution in [3.05, 3.63) is 48.0 Å². The highest BCUT2D eigenvalue weighted by Crippen LogP contribution is 2.24. The molecular formula is C16H18O2. The zero-order chi connectivity index (χ0) is 13.0. The number of benzene rings is 2. The Labute approximate surface area is 108 Å². The number of ether oxygens (including phenoxy) is 1. The number of carbonyl (C=O) groups excluding carboxylic acids is 1. The molecule has 0 heterocycles. The van der Waals surface area contributed by atoms with E-state index in [2.05, 4.69) is 37.3 Å². The van der Waals surface area contributed by atoms with Crippen LogP contribution >= 0.6 is 0 Å². The zero-order valence-electron chi connectivity index (χ0n) is 10.8. The Balaban J connectivity index is 2.17. The maximum absolute atomic E-state index is 11.5. The molecule has 0 amide bonds. The van der Waals surface area contributed by atoms with Gasteiger partial charge in [-0.15, -0.1) is 0 Å². The summed E-state index contributed by atoms with van der Waals surface area (Å²) in [5, 5.41) is 2.44. The molecule has 0 spiro atoms. The molecule has 1 unspecified atom stereocenters. The molecule has 2 nitrogen and oxygen atoms in total. The number of fused-ring (bicyclic) bond motifs is 1. The van der Waals surface area contributed by atoms with Gasteiger partial charge in [-0.2, -0.15) is 0 Å². The first-order valence-corrected chi connectivity index (χ1v) is 6.35. The highest BCUT2D eigenvalue weighted by Gasteiger charge is 2.12. The van der Waals surface area contributed by atoms with Gasteiger partial charge in [-0.1, -0.05) is 49.4 Å². The lowest BCUT2D eigenvalue weighted by molar-refractivity contribution is -0.143. The lowest BCUT2D eigenvalue weighted by Gasteiger charge is -2.12. The van der Waals surface area contributed by atoms with Gasteiger partial charge >= 0.3 is 5.97 Å². The van der Waals surface area contributed by atoms with E-state index in [1.165, 1.54) is 16.3 Å². The Morgan fingerprint density at radius 3 is 2.61 bits per heavy atom. The number of carbonyl (C=O) groups is 1. The fourth-order valence-electron chi connectivity index (χ4n) is 2.10. The molecule has 0 fully saturated rings. The number of hydrogen-bond acceptors (Lipinski definition) is 2. The average molecular weight is 242 g/mol. The van der Waals surface area contributed by atoms with Crippen LogP contribution in [0.2, 0.25) is 0 Å². The molecule has 94 valence electrons. The van der Waals surface area contributed by atoms with Crippen molar-refractivity contribution >= 4 is 16.7 Å². The van der Waals surface area contributed by atoms with Crippen LogP contribution in [0.1, 0.15) is 31.7 Å². The Morgan fingerprint density at radius 1 is 1.17 bits per heavy atom.